The highest BCUT2D eigenvalue weighted by Crippen LogP contribution is 2.17. The molecule has 0 saturated carbocycles. The lowest BCUT2D eigenvalue weighted by molar-refractivity contribution is -0.135. The maximum Gasteiger partial charge on any atom is 0.265 e. The van der Waals surface area contributed by atoms with E-state index in [0.717, 1.165) is 11.1 Å². The maximum absolute atomic E-state index is 12.9. The van der Waals surface area contributed by atoms with Crippen LogP contribution in [0.4, 0.5) is 0 Å². The van der Waals surface area contributed by atoms with Gasteiger partial charge in [0.05, 0.1) is 18.5 Å². The van der Waals surface area contributed by atoms with Gasteiger partial charge in [0.25, 0.3) is 5.91 Å². The summed E-state index contributed by atoms with van der Waals surface area (Å²) < 4.78 is 5.26. The number of furan rings is 1. The average Bonchev–Trinajstić information content (AvgIpc) is 3.51. The van der Waals surface area contributed by atoms with Gasteiger partial charge in [-0.15, -0.1) is 0 Å². The molecule has 0 spiro atoms. The molecule has 0 fully saturated rings. The lowest BCUT2D eigenvalue weighted by Crippen LogP contribution is -2.50. The topological polar surface area (TPSA) is 92.9 Å². The fraction of sp³-hybridized carbons (Fsp3) is 0.208. The highest BCUT2D eigenvalue weighted by atomic mass is 16.6. The second-order valence-electron chi connectivity index (χ2n) is 7.25. The van der Waals surface area contributed by atoms with Gasteiger partial charge in [-0.1, -0.05) is 65.8 Å². The first-order chi connectivity index (χ1) is 15.2. The van der Waals surface area contributed by atoms with Crippen molar-refractivity contribution < 1.29 is 18.8 Å². The van der Waals surface area contributed by atoms with E-state index in [4.69, 9.17) is 9.25 Å². The Morgan fingerprint density at radius 1 is 1.00 bits per heavy atom. The highest BCUT2D eigenvalue weighted by molar-refractivity contribution is 6.04. The van der Waals surface area contributed by atoms with Gasteiger partial charge in [-0.3, -0.25) is 9.59 Å². The van der Waals surface area contributed by atoms with Crippen LogP contribution < -0.4 is 10.6 Å². The molecule has 2 amide bonds. The van der Waals surface area contributed by atoms with Gasteiger partial charge in [0.1, 0.15) is 11.8 Å². The van der Waals surface area contributed by atoms with E-state index in [-0.39, 0.29) is 18.4 Å². The maximum atomic E-state index is 12.9. The van der Waals surface area contributed by atoms with Crippen LogP contribution in [0.25, 0.3) is 0 Å². The standard InChI is InChI=1S/C24H23N3O4/c28-23(25-16-19-12-7-13-30-19)21(14-17-8-3-1-4-9-17)26-24(29)22-15-20(27-31-22)18-10-5-2-6-11-18/h1-13,21-22H,14-16H2,(H,25,28)(H,26,29)/t21-,22-/m0/s1. The number of nitrogens with one attached hydrogen (secondary N) is 2. The van der Waals surface area contributed by atoms with Crippen LogP contribution in [-0.4, -0.2) is 29.7 Å². The van der Waals surface area contributed by atoms with Crippen molar-refractivity contribution in [1.29, 1.82) is 0 Å². The minimum absolute atomic E-state index is 0.244. The van der Waals surface area contributed by atoms with Crippen molar-refractivity contribution in [2.24, 2.45) is 5.16 Å². The monoisotopic (exact) mass is 417 g/mol. The van der Waals surface area contributed by atoms with Crippen LogP contribution in [0.1, 0.15) is 23.3 Å². The van der Waals surface area contributed by atoms with E-state index < -0.39 is 12.1 Å². The van der Waals surface area contributed by atoms with E-state index >= 15 is 0 Å². The molecule has 7 nitrogen and oxygen atoms in total. The Hall–Kier alpha value is -3.87. The van der Waals surface area contributed by atoms with Crippen molar-refractivity contribution in [3.63, 3.8) is 0 Å². The number of amides is 2. The highest BCUT2D eigenvalue weighted by Gasteiger charge is 2.32. The fourth-order valence-corrected chi connectivity index (χ4v) is 3.35. The number of rotatable bonds is 8. The number of nitrogens with zero attached hydrogens (tertiary/aromatic N) is 1. The zero-order chi connectivity index (χ0) is 21.5. The molecule has 0 radical (unpaired) electrons. The second kappa shape index (κ2) is 9.75. The van der Waals surface area contributed by atoms with Gasteiger partial charge in [0.2, 0.25) is 12.0 Å². The Kier molecular flexibility index (Phi) is 6.42. The average molecular weight is 417 g/mol. The third-order valence-corrected chi connectivity index (χ3v) is 5.00. The van der Waals surface area contributed by atoms with Crippen LogP contribution in [0.15, 0.2) is 88.6 Å². The molecule has 0 aliphatic carbocycles. The zero-order valence-corrected chi connectivity index (χ0v) is 16.9. The number of oxime groups is 1. The van der Waals surface area contributed by atoms with Crippen LogP contribution in [0, 0.1) is 0 Å². The molecule has 2 N–H and O–H groups in total. The summed E-state index contributed by atoms with van der Waals surface area (Å²) in [6.45, 7) is 0.244. The summed E-state index contributed by atoms with van der Waals surface area (Å²) in [4.78, 5) is 31.1. The van der Waals surface area contributed by atoms with Gasteiger partial charge in [0.15, 0.2) is 0 Å². The summed E-state index contributed by atoms with van der Waals surface area (Å²) in [6.07, 6.45) is 1.48. The molecule has 7 heteroatoms. The molecule has 0 unspecified atom stereocenters. The van der Waals surface area contributed by atoms with Gasteiger partial charge in [-0.05, 0) is 23.3 Å². The summed E-state index contributed by atoms with van der Waals surface area (Å²) >= 11 is 0. The number of carbonyl (C=O) groups excluding carboxylic acids is 2. The Balaban J connectivity index is 1.40. The molecule has 1 aromatic heterocycles. The molecule has 31 heavy (non-hydrogen) atoms. The molecule has 158 valence electrons. The third-order valence-electron chi connectivity index (χ3n) is 5.00. The molecular weight excluding hydrogens is 394 g/mol. The van der Waals surface area contributed by atoms with Crippen LogP contribution in [0.3, 0.4) is 0 Å². The van der Waals surface area contributed by atoms with E-state index in [1.807, 2.05) is 60.7 Å². The van der Waals surface area contributed by atoms with Crippen molar-refractivity contribution in [3.8, 4) is 0 Å². The summed E-state index contributed by atoms with van der Waals surface area (Å²) in [5.74, 6) is -0.0299. The molecule has 2 heterocycles. The Labute approximate surface area is 180 Å². The lowest BCUT2D eigenvalue weighted by Gasteiger charge is -2.20. The molecule has 0 saturated heterocycles. The smallest absolute Gasteiger partial charge is 0.265 e. The SMILES string of the molecule is O=C(NCc1ccco1)[C@H](Cc1ccccc1)NC(=O)[C@@H]1CC(c2ccccc2)=NO1. The van der Waals surface area contributed by atoms with Crippen LogP contribution in [0.2, 0.25) is 0 Å². The van der Waals surface area contributed by atoms with Gasteiger partial charge in [0, 0.05) is 12.8 Å². The normalized spacial score (nSPS) is 16.1. The second-order valence-corrected chi connectivity index (χ2v) is 7.25. The summed E-state index contributed by atoms with van der Waals surface area (Å²) in [6, 6.07) is 21.9. The van der Waals surface area contributed by atoms with E-state index in [0.29, 0.717) is 24.3 Å². The molecule has 0 bridgehead atoms. The zero-order valence-electron chi connectivity index (χ0n) is 16.9. The predicted molar refractivity (Wildman–Crippen MR) is 115 cm³/mol. The largest absolute Gasteiger partial charge is 0.467 e. The van der Waals surface area contributed by atoms with Gasteiger partial charge >= 0.3 is 0 Å². The van der Waals surface area contributed by atoms with Crippen molar-refractivity contribution in [2.45, 2.75) is 31.5 Å². The molecule has 1 aliphatic heterocycles. The number of hydrogen-bond acceptors (Lipinski definition) is 5. The molecule has 2 aromatic carbocycles. The molecule has 3 aromatic rings. The van der Waals surface area contributed by atoms with E-state index in [2.05, 4.69) is 15.8 Å². The molecule has 1 aliphatic rings. The first-order valence-corrected chi connectivity index (χ1v) is 10.1. The molecule has 2 atom stereocenters. The summed E-state index contributed by atoms with van der Waals surface area (Å²) in [5.41, 5.74) is 2.56. The van der Waals surface area contributed by atoms with E-state index in [1.165, 1.54) is 0 Å². The number of carbonyl (C=O) groups is 2. The first-order valence-electron chi connectivity index (χ1n) is 10.1. The molecular formula is C24H23N3O4. The predicted octanol–water partition coefficient (Wildman–Crippen LogP) is 2.82. The fourth-order valence-electron chi connectivity index (χ4n) is 3.35. The Morgan fingerprint density at radius 3 is 2.45 bits per heavy atom. The molecule has 4 rings (SSSR count). The van der Waals surface area contributed by atoms with Crippen LogP contribution in [0.5, 0.6) is 0 Å². The minimum atomic E-state index is -0.772. The van der Waals surface area contributed by atoms with Crippen LogP contribution in [-0.2, 0) is 27.4 Å². The van der Waals surface area contributed by atoms with E-state index in [9.17, 15) is 9.59 Å². The van der Waals surface area contributed by atoms with Gasteiger partial charge in [-0.25, -0.2) is 0 Å². The third kappa shape index (κ3) is 5.39. The summed E-state index contributed by atoms with van der Waals surface area (Å²) in [7, 11) is 0. The minimum Gasteiger partial charge on any atom is -0.467 e. The first kappa shape index (κ1) is 20.4. The van der Waals surface area contributed by atoms with Crippen molar-refractivity contribution in [3.05, 3.63) is 95.9 Å². The number of benzene rings is 2. The van der Waals surface area contributed by atoms with Crippen molar-refractivity contribution >= 4 is 17.5 Å². The number of hydrogen-bond donors (Lipinski definition) is 2. The quantitative estimate of drug-likeness (QED) is 0.589. The van der Waals surface area contributed by atoms with Crippen LogP contribution >= 0.6 is 0 Å². The van der Waals surface area contributed by atoms with Gasteiger partial charge in [-0.2, -0.15) is 0 Å². The van der Waals surface area contributed by atoms with Gasteiger partial charge < -0.3 is 19.9 Å². The Bertz CT molecular complexity index is 1030. The lowest BCUT2D eigenvalue weighted by atomic mass is 10.0. The van der Waals surface area contributed by atoms with E-state index in [1.54, 1.807) is 18.4 Å². The Morgan fingerprint density at radius 2 is 1.74 bits per heavy atom. The van der Waals surface area contributed by atoms with Crippen molar-refractivity contribution in [1.82, 2.24) is 10.6 Å². The van der Waals surface area contributed by atoms with Crippen molar-refractivity contribution in [2.75, 3.05) is 0 Å². The summed E-state index contributed by atoms with van der Waals surface area (Å²) in [5, 5.41) is 9.71.